The molecule has 0 aliphatic rings. The third-order valence-corrected chi connectivity index (χ3v) is 5.00. The van der Waals surface area contributed by atoms with Gasteiger partial charge in [-0.1, -0.05) is 36.7 Å². The Hall–Kier alpha value is -1.07. The van der Waals surface area contributed by atoms with Crippen LogP contribution in [-0.4, -0.2) is 37.3 Å². The van der Waals surface area contributed by atoms with E-state index in [9.17, 15) is 13.2 Å². The minimum Gasteiger partial charge on any atom is -0.338 e. The highest BCUT2D eigenvalue weighted by Gasteiger charge is 2.20. The normalized spacial score (nSPS) is 11.3. The predicted molar refractivity (Wildman–Crippen MR) is 81.5 cm³/mol. The second-order valence-corrected chi connectivity index (χ2v) is 7.18. The topological polar surface area (TPSA) is 54.5 Å². The lowest BCUT2D eigenvalue weighted by molar-refractivity contribution is -0.128. The van der Waals surface area contributed by atoms with Crippen molar-refractivity contribution in [3.05, 3.63) is 34.9 Å². The van der Waals surface area contributed by atoms with Crippen molar-refractivity contribution < 1.29 is 13.2 Å². The number of rotatable bonds is 7. The first-order chi connectivity index (χ1) is 9.39. The second kappa shape index (κ2) is 7.64. The summed E-state index contributed by atoms with van der Waals surface area (Å²) in [7, 11) is -3.31. The van der Waals surface area contributed by atoms with E-state index in [2.05, 4.69) is 0 Å². The molecule has 0 unspecified atom stereocenters. The van der Waals surface area contributed by atoms with Crippen molar-refractivity contribution in [3.63, 3.8) is 0 Å². The molecule has 0 radical (unpaired) electrons. The van der Waals surface area contributed by atoms with Gasteiger partial charge in [-0.3, -0.25) is 4.79 Å². The van der Waals surface area contributed by atoms with E-state index in [0.29, 0.717) is 24.5 Å². The molecule has 0 atom stereocenters. The third kappa shape index (κ3) is 5.13. The molecular formula is C14H20ClNO3S. The van der Waals surface area contributed by atoms with E-state index in [1.165, 1.54) is 4.90 Å². The van der Waals surface area contributed by atoms with Gasteiger partial charge in [-0.2, -0.15) is 0 Å². The van der Waals surface area contributed by atoms with Gasteiger partial charge in [0.1, 0.15) is 5.75 Å². The van der Waals surface area contributed by atoms with Gasteiger partial charge >= 0.3 is 0 Å². The van der Waals surface area contributed by atoms with E-state index in [-0.39, 0.29) is 11.7 Å². The monoisotopic (exact) mass is 317 g/mol. The van der Waals surface area contributed by atoms with Gasteiger partial charge in [-0.25, -0.2) is 8.42 Å². The van der Waals surface area contributed by atoms with Gasteiger partial charge in [0, 0.05) is 18.1 Å². The molecule has 0 aliphatic heterocycles. The standard InChI is InChI=1S/C14H20ClNO3S/c1-3-9-20(18,19)11-14(17)16(4-2)10-12-7-5-6-8-13(12)15/h5-8H,3-4,9-11H2,1-2H3. The molecule has 112 valence electrons. The summed E-state index contributed by atoms with van der Waals surface area (Å²) >= 11 is 6.06. The molecule has 0 bridgehead atoms. The molecule has 0 aromatic heterocycles. The maximum absolute atomic E-state index is 12.1. The number of benzene rings is 1. The van der Waals surface area contributed by atoms with Gasteiger partial charge < -0.3 is 4.90 Å². The zero-order valence-electron chi connectivity index (χ0n) is 11.8. The lowest BCUT2D eigenvalue weighted by Crippen LogP contribution is -2.35. The molecule has 0 spiro atoms. The van der Waals surface area contributed by atoms with E-state index >= 15 is 0 Å². The molecule has 0 fully saturated rings. The average molecular weight is 318 g/mol. The van der Waals surface area contributed by atoms with E-state index in [1.807, 2.05) is 25.1 Å². The summed E-state index contributed by atoms with van der Waals surface area (Å²) < 4.78 is 23.4. The van der Waals surface area contributed by atoms with E-state index in [1.54, 1.807) is 13.0 Å². The SMILES string of the molecule is CCCS(=O)(=O)CC(=O)N(CC)Cc1ccccc1Cl. The fraction of sp³-hybridized carbons (Fsp3) is 0.500. The van der Waals surface area contributed by atoms with Crippen molar-refractivity contribution in [2.75, 3.05) is 18.1 Å². The first-order valence-electron chi connectivity index (χ1n) is 6.61. The Morgan fingerprint density at radius 2 is 1.90 bits per heavy atom. The number of halogens is 1. The lowest BCUT2D eigenvalue weighted by Gasteiger charge is -2.21. The van der Waals surface area contributed by atoms with Gasteiger partial charge in [0.15, 0.2) is 9.84 Å². The lowest BCUT2D eigenvalue weighted by atomic mass is 10.2. The number of nitrogens with zero attached hydrogens (tertiary/aromatic N) is 1. The molecule has 0 heterocycles. The summed E-state index contributed by atoms with van der Waals surface area (Å²) in [6.45, 7) is 4.38. The van der Waals surface area contributed by atoms with Gasteiger partial charge in [-0.15, -0.1) is 0 Å². The Morgan fingerprint density at radius 3 is 2.45 bits per heavy atom. The van der Waals surface area contributed by atoms with Crippen molar-refractivity contribution in [3.8, 4) is 0 Å². The molecule has 4 nitrogen and oxygen atoms in total. The summed E-state index contributed by atoms with van der Waals surface area (Å²) in [6, 6.07) is 7.24. The molecule has 20 heavy (non-hydrogen) atoms. The van der Waals surface area contributed by atoms with Gasteiger partial charge in [0.2, 0.25) is 5.91 Å². The maximum Gasteiger partial charge on any atom is 0.238 e. The van der Waals surface area contributed by atoms with E-state index < -0.39 is 15.6 Å². The van der Waals surface area contributed by atoms with Crippen LogP contribution in [0, 0.1) is 0 Å². The first kappa shape index (κ1) is 17.0. The third-order valence-electron chi connectivity index (χ3n) is 2.91. The predicted octanol–water partition coefficient (Wildman–Crippen LogP) is 2.51. The molecule has 1 amide bonds. The van der Waals surface area contributed by atoms with Crippen LogP contribution < -0.4 is 0 Å². The summed E-state index contributed by atoms with van der Waals surface area (Å²) in [5.74, 6) is -0.762. The van der Waals surface area contributed by atoms with Crippen LogP contribution in [0.25, 0.3) is 0 Å². The highest BCUT2D eigenvalue weighted by molar-refractivity contribution is 7.92. The van der Waals surface area contributed by atoms with Crippen molar-refractivity contribution in [2.45, 2.75) is 26.8 Å². The van der Waals surface area contributed by atoms with Crippen LogP contribution in [0.2, 0.25) is 5.02 Å². The highest BCUT2D eigenvalue weighted by atomic mass is 35.5. The Balaban J connectivity index is 2.76. The molecule has 1 aromatic carbocycles. The quantitative estimate of drug-likeness (QED) is 0.776. The summed E-state index contributed by atoms with van der Waals surface area (Å²) in [4.78, 5) is 13.6. The number of sulfone groups is 1. The van der Waals surface area contributed by atoms with Crippen LogP contribution in [-0.2, 0) is 21.2 Å². The zero-order valence-corrected chi connectivity index (χ0v) is 13.4. The molecule has 1 rings (SSSR count). The molecular weight excluding hydrogens is 298 g/mol. The summed E-state index contributed by atoms with van der Waals surface area (Å²) in [5.41, 5.74) is 0.817. The smallest absolute Gasteiger partial charge is 0.238 e. The van der Waals surface area contributed by atoms with Gasteiger partial charge in [-0.05, 0) is 25.0 Å². The van der Waals surface area contributed by atoms with Crippen LogP contribution in [0.5, 0.6) is 0 Å². The summed E-state index contributed by atoms with van der Waals surface area (Å²) in [6.07, 6.45) is 0.520. The molecule has 6 heteroatoms. The fourth-order valence-corrected chi connectivity index (χ4v) is 3.39. The molecule has 0 saturated heterocycles. The van der Waals surface area contributed by atoms with Crippen LogP contribution in [0.15, 0.2) is 24.3 Å². The molecule has 0 aliphatic carbocycles. The zero-order chi connectivity index (χ0) is 15.2. The van der Waals surface area contributed by atoms with Crippen molar-refractivity contribution in [1.82, 2.24) is 4.90 Å². The maximum atomic E-state index is 12.1. The van der Waals surface area contributed by atoms with Crippen molar-refractivity contribution in [1.29, 1.82) is 0 Å². The minimum absolute atomic E-state index is 0.0440. The Morgan fingerprint density at radius 1 is 1.25 bits per heavy atom. The molecule has 0 saturated carbocycles. The van der Waals surface area contributed by atoms with Crippen molar-refractivity contribution in [2.24, 2.45) is 0 Å². The Bertz CT molecular complexity index is 557. The van der Waals surface area contributed by atoms with E-state index in [4.69, 9.17) is 11.6 Å². The Labute approximate surface area is 125 Å². The number of carbonyl (C=O) groups excluding carboxylic acids is 1. The fourth-order valence-electron chi connectivity index (χ4n) is 1.87. The largest absolute Gasteiger partial charge is 0.338 e. The number of hydrogen-bond acceptors (Lipinski definition) is 3. The molecule has 1 aromatic rings. The van der Waals surface area contributed by atoms with Crippen LogP contribution >= 0.6 is 11.6 Å². The number of carbonyl (C=O) groups is 1. The number of amides is 1. The van der Waals surface area contributed by atoms with Crippen molar-refractivity contribution >= 4 is 27.3 Å². The minimum atomic E-state index is -3.31. The Kier molecular flexibility index (Phi) is 6.49. The van der Waals surface area contributed by atoms with E-state index in [0.717, 1.165) is 5.56 Å². The average Bonchev–Trinajstić information content (AvgIpc) is 2.36. The van der Waals surface area contributed by atoms with Crippen LogP contribution in [0.1, 0.15) is 25.8 Å². The summed E-state index contributed by atoms with van der Waals surface area (Å²) in [5, 5.41) is 0.579. The molecule has 0 N–H and O–H groups in total. The van der Waals surface area contributed by atoms with Crippen LogP contribution in [0.3, 0.4) is 0 Å². The van der Waals surface area contributed by atoms with Gasteiger partial charge in [0.05, 0.1) is 5.75 Å². The first-order valence-corrected chi connectivity index (χ1v) is 8.81. The second-order valence-electron chi connectivity index (χ2n) is 4.59. The number of hydrogen-bond donors (Lipinski definition) is 0. The van der Waals surface area contributed by atoms with Crippen LogP contribution in [0.4, 0.5) is 0 Å². The van der Waals surface area contributed by atoms with Gasteiger partial charge in [0.25, 0.3) is 0 Å². The highest BCUT2D eigenvalue weighted by Crippen LogP contribution is 2.17.